The number of amides is 2. The Morgan fingerprint density at radius 3 is 2.39 bits per heavy atom. The van der Waals surface area contributed by atoms with Gasteiger partial charge in [0.15, 0.2) is 0 Å². The zero-order chi connectivity index (χ0) is 27.9. The number of nitrogens with zero attached hydrogens (tertiary/aromatic N) is 2. The molecule has 0 heterocycles. The molecular formula is C27H34Cl2FN3O4S. The molecule has 1 aliphatic rings. The Kier molecular flexibility index (Phi) is 10.8. The number of hydrogen-bond acceptors (Lipinski definition) is 4. The molecule has 0 saturated heterocycles. The maximum atomic E-state index is 14.3. The number of anilines is 1. The molecule has 0 aliphatic heterocycles. The zero-order valence-electron chi connectivity index (χ0n) is 21.6. The van der Waals surface area contributed by atoms with Gasteiger partial charge in [-0.25, -0.2) is 12.8 Å². The molecule has 7 nitrogen and oxygen atoms in total. The standard InChI is InChI=1S/C27H34Cl2FN3O4S/c1-19(27(35)31-21-9-4-3-5-10-21)32(18-20-14-15-22(28)23(29)17-20)26(34)13-8-16-33(38(2,36)37)25-12-7-6-11-24(25)30/h6-7,11-12,14-15,17,19,21H,3-5,8-10,13,16,18H2,1-2H3,(H,31,35)/t19-/m0/s1. The number of para-hydroxylation sites is 1. The minimum absolute atomic E-state index is 0.0388. The monoisotopic (exact) mass is 585 g/mol. The number of nitrogens with one attached hydrogen (secondary N) is 1. The Bertz CT molecular complexity index is 1240. The Labute approximate surface area is 234 Å². The highest BCUT2D eigenvalue weighted by Crippen LogP contribution is 2.25. The van der Waals surface area contributed by atoms with Gasteiger partial charge in [-0.3, -0.25) is 13.9 Å². The molecule has 2 amide bonds. The first kappa shape index (κ1) is 30.2. The average molecular weight is 587 g/mol. The van der Waals surface area contributed by atoms with E-state index in [1.54, 1.807) is 31.2 Å². The van der Waals surface area contributed by atoms with Gasteiger partial charge >= 0.3 is 0 Å². The van der Waals surface area contributed by atoms with E-state index < -0.39 is 21.9 Å². The summed E-state index contributed by atoms with van der Waals surface area (Å²) in [7, 11) is -3.79. The molecule has 1 saturated carbocycles. The molecule has 38 heavy (non-hydrogen) atoms. The summed E-state index contributed by atoms with van der Waals surface area (Å²) in [6.07, 6.45) is 6.19. The minimum atomic E-state index is -3.79. The van der Waals surface area contributed by atoms with E-state index in [9.17, 15) is 22.4 Å². The highest BCUT2D eigenvalue weighted by Gasteiger charge is 2.29. The first-order valence-electron chi connectivity index (χ1n) is 12.7. The van der Waals surface area contributed by atoms with Gasteiger partial charge in [-0.1, -0.05) is 60.7 Å². The fraction of sp³-hybridized carbons (Fsp3) is 0.481. The molecule has 3 rings (SSSR count). The topological polar surface area (TPSA) is 86.8 Å². The van der Waals surface area contributed by atoms with Crippen molar-refractivity contribution in [3.63, 3.8) is 0 Å². The first-order valence-corrected chi connectivity index (χ1v) is 15.3. The van der Waals surface area contributed by atoms with Crippen LogP contribution < -0.4 is 9.62 Å². The molecule has 208 valence electrons. The van der Waals surface area contributed by atoms with Crippen molar-refractivity contribution in [3.8, 4) is 0 Å². The van der Waals surface area contributed by atoms with E-state index in [4.69, 9.17) is 23.2 Å². The predicted octanol–water partition coefficient (Wildman–Crippen LogP) is 5.54. The van der Waals surface area contributed by atoms with Gasteiger partial charge in [-0.2, -0.15) is 0 Å². The largest absolute Gasteiger partial charge is 0.352 e. The molecular weight excluding hydrogens is 552 g/mol. The Morgan fingerprint density at radius 2 is 1.76 bits per heavy atom. The number of rotatable bonds is 11. The van der Waals surface area contributed by atoms with E-state index in [2.05, 4.69) is 5.32 Å². The maximum absolute atomic E-state index is 14.3. The lowest BCUT2D eigenvalue weighted by Crippen LogP contribution is -2.50. The summed E-state index contributed by atoms with van der Waals surface area (Å²) in [6.45, 7) is 1.71. The van der Waals surface area contributed by atoms with Gasteiger partial charge in [0.25, 0.3) is 0 Å². The molecule has 0 spiro atoms. The first-order chi connectivity index (χ1) is 18.0. The van der Waals surface area contributed by atoms with Gasteiger partial charge in [0.2, 0.25) is 21.8 Å². The van der Waals surface area contributed by atoms with Crippen LogP contribution in [0.1, 0.15) is 57.4 Å². The Balaban J connectivity index is 1.74. The summed E-state index contributed by atoms with van der Waals surface area (Å²) < 4.78 is 40.0. The normalized spacial score (nSPS) is 15.1. The van der Waals surface area contributed by atoms with Crippen LogP contribution in [0.25, 0.3) is 0 Å². The van der Waals surface area contributed by atoms with E-state index >= 15 is 0 Å². The van der Waals surface area contributed by atoms with Crippen LogP contribution in [0.4, 0.5) is 10.1 Å². The maximum Gasteiger partial charge on any atom is 0.242 e. The van der Waals surface area contributed by atoms with Gasteiger partial charge in [0, 0.05) is 25.6 Å². The third-order valence-corrected chi connectivity index (χ3v) is 8.65. The molecule has 0 aromatic heterocycles. The lowest BCUT2D eigenvalue weighted by Gasteiger charge is -2.31. The Morgan fingerprint density at radius 1 is 1.08 bits per heavy atom. The van der Waals surface area contributed by atoms with Crippen molar-refractivity contribution in [2.75, 3.05) is 17.1 Å². The number of sulfonamides is 1. The molecule has 1 N–H and O–H groups in total. The number of hydrogen-bond donors (Lipinski definition) is 1. The van der Waals surface area contributed by atoms with Crippen LogP contribution in [0.2, 0.25) is 10.0 Å². The van der Waals surface area contributed by atoms with Crippen LogP contribution in [0, 0.1) is 5.82 Å². The van der Waals surface area contributed by atoms with Crippen molar-refractivity contribution in [1.29, 1.82) is 0 Å². The molecule has 1 aliphatic carbocycles. The second kappa shape index (κ2) is 13.6. The van der Waals surface area contributed by atoms with Crippen molar-refractivity contribution in [2.24, 2.45) is 0 Å². The average Bonchev–Trinajstić information content (AvgIpc) is 2.87. The van der Waals surface area contributed by atoms with Crippen LogP contribution in [0.3, 0.4) is 0 Å². The summed E-state index contributed by atoms with van der Waals surface area (Å²) >= 11 is 12.2. The van der Waals surface area contributed by atoms with Gasteiger partial charge in [-0.05, 0) is 56.0 Å². The second-order valence-electron chi connectivity index (χ2n) is 9.68. The van der Waals surface area contributed by atoms with E-state index in [1.165, 1.54) is 23.1 Å². The fourth-order valence-corrected chi connectivity index (χ4v) is 5.91. The highest BCUT2D eigenvalue weighted by molar-refractivity contribution is 7.92. The van der Waals surface area contributed by atoms with E-state index in [0.717, 1.165) is 42.7 Å². The van der Waals surface area contributed by atoms with Crippen molar-refractivity contribution in [2.45, 2.75) is 70.5 Å². The summed E-state index contributed by atoms with van der Waals surface area (Å²) in [4.78, 5) is 28.0. The third kappa shape index (κ3) is 8.32. The molecule has 2 aromatic rings. The predicted molar refractivity (Wildman–Crippen MR) is 149 cm³/mol. The van der Waals surface area contributed by atoms with Crippen LogP contribution in [-0.4, -0.2) is 50.0 Å². The summed E-state index contributed by atoms with van der Waals surface area (Å²) in [5.74, 6) is -1.24. The summed E-state index contributed by atoms with van der Waals surface area (Å²) in [5, 5.41) is 3.79. The van der Waals surface area contributed by atoms with Gasteiger partial charge in [-0.15, -0.1) is 0 Å². The molecule has 1 atom stereocenters. The van der Waals surface area contributed by atoms with Gasteiger partial charge in [0.05, 0.1) is 22.0 Å². The molecule has 1 fully saturated rings. The van der Waals surface area contributed by atoms with E-state index in [-0.39, 0.29) is 49.5 Å². The minimum Gasteiger partial charge on any atom is -0.352 e. The highest BCUT2D eigenvalue weighted by atomic mass is 35.5. The van der Waals surface area contributed by atoms with E-state index in [0.29, 0.717) is 15.6 Å². The van der Waals surface area contributed by atoms with Gasteiger partial charge in [0.1, 0.15) is 11.9 Å². The zero-order valence-corrected chi connectivity index (χ0v) is 24.0. The number of carbonyl (C=O) groups is 2. The lowest BCUT2D eigenvalue weighted by molar-refractivity contribution is -0.141. The Hall–Kier alpha value is -2.36. The lowest BCUT2D eigenvalue weighted by atomic mass is 9.95. The van der Waals surface area contributed by atoms with Crippen LogP contribution >= 0.6 is 23.2 Å². The number of carbonyl (C=O) groups excluding carboxylic acids is 2. The summed E-state index contributed by atoms with van der Waals surface area (Å²) in [5.41, 5.74) is 0.629. The van der Waals surface area contributed by atoms with Crippen LogP contribution in [0.5, 0.6) is 0 Å². The molecule has 0 radical (unpaired) electrons. The number of halogens is 3. The van der Waals surface area contributed by atoms with Gasteiger partial charge < -0.3 is 10.2 Å². The fourth-order valence-electron chi connectivity index (χ4n) is 4.62. The van der Waals surface area contributed by atoms with Crippen molar-refractivity contribution >= 4 is 50.7 Å². The van der Waals surface area contributed by atoms with Crippen molar-refractivity contribution in [3.05, 3.63) is 63.9 Å². The molecule has 0 unspecified atom stereocenters. The second-order valence-corrected chi connectivity index (χ2v) is 12.4. The number of benzene rings is 2. The molecule has 2 aromatic carbocycles. The quantitative estimate of drug-likeness (QED) is 0.375. The smallest absolute Gasteiger partial charge is 0.242 e. The SMILES string of the molecule is C[C@@H](C(=O)NC1CCCCC1)N(Cc1ccc(Cl)c(Cl)c1)C(=O)CCCN(c1ccccc1F)S(C)(=O)=O. The van der Waals surface area contributed by atoms with Crippen molar-refractivity contribution in [1.82, 2.24) is 10.2 Å². The third-order valence-electron chi connectivity index (χ3n) is 6.73. The van der Waals surface area contributed by atoms with E-state index in [1.807, 2.05) is 0 Å². The van der Waals surface area contributed by atoms with Crippen LogP contribution in [-0.2, 0) is 26.2 Å². The summed E-state index contributed by atoms with van der Waals surface area (Å²) in [6, 6.07) is 9.94. The molecule has 11 heteroatoms. The van der Waals surface area contributed by atoms with Crippen molar-refractivity contribution < 1.29 is 22.4 Å². The van der Waals surface area contributed by atoms with Crippen LogP contribution in [0.15, 0.2) is 42.5 Å². The molecule has 0 bridgehead atoms.